The van der Waals surface area contributed by atoms with E-state index in [2.05, 4.69) is 5.32 Å². The number of carbonyl (C=O) groups is 1. The van der Waals surface area contributed by atoms with Gasteiger partial charge < -0.3 is 15.1 Å². The lowest BCUT2D eigenvalue weighted by Gasteiger charge is -2.18. The summed E-state index contributed by atoms with van der Waals surface area (Å²) in [5, 5.41) is 3.19. The minimum absolute atomic E-state index is 0.239. The fourth-order valence-electron chi connectivity index (χ4n) is 1.59. The van der Waals surface area contributed by atoms with Crippen molar-refractivity contribution in [3.8, 4) is 0 Å². The number of hydrogen-bond donors (Lipinski definition) is 1. The third-order valence-electron chi connectivity index (χ3n) is 2.40. The molecule has 0 aliphatic carbocycles. The van der Waals surface area contributed by atoms with Crippen LogP contribution in [0.15, 0.2) is 0 Å². The van der Waals surface area contributed by atoms with Gasteiger partial charge in [-0.2, -0.15) is 0 Å². The van der Waals surface area contributed by atoms with Gasteiger partial charge in [0.05, 0.1) is 6.54 Å². The molecule has 1 heterocycles. The molecule has 1 fully saturated rings. The molecule has 0 bridgehead atoms. The molecule has 1 aliphatic heterocycles. The van der Waals surface area contributed by atoms with Crippen LogP contribution in [-0.2, 0) is 4.79 Å². The van der Waals surface area contributed by atoms with Crippen LogP contribution in [0, 0.1) is 0 Å². The summed E-state index contributed by atoms with van der Waals surface area (Å²) in [6, 6.07) is 0.492. The van der Waals surface area contributed by atoms with Crippen LogP contribution in [0.4, 0.5) is 0 Å². The Morgan fingerprint density at radius 1 is 1.62 bits per heavy atom. The van der Waals surface area contributed by atoms with E-state index in [4.69, 9.17) is 0 Å². The van der Waals surface area contributed by atoms with Crippen LogP contribution in [0.5, 0.6) is 0 Å². The monoisotopic (exact) mass is 185 g/mol. The second kappa shape index (κ2) is 4.58. The Hall–Kier alpha value is -0.610. The molecule has 4 nitrogen and oxygen atoms in total. The van der Waals surface area contributed by atoms with Gasteiger partial charge in [-0.25, -0.2) is 0 Å². The maximum absolute atomic E-state index is 11.6. The minimum atomic E-state index is 0.239. The highest BCUT2D eigenvalue weighted by atomic mass is 16.2. The average molecular weight is 185 g/mol. The largest absolute Gasteiger partial charge is 0.340 e. The van der Waals surface area contributed by atoms with Crippen LogP contribution in [0.25, 0.3) is 0 Å². The summed E-state index contributed by atoms with van der Waals surface area (Å²) in [4.78, 5) is 15.4. The lowest BCUT2D eigenvalue weighted by Crippen LogP contribution is -2.38. The highest BCUT2D eigenvalue weighted by Crippen LogP contribution is 2.08. The predicted octanol–water partition coefficient (Wildman–Crippen LogP) is -0.632. The van der Waals surface area contributed by atoms with Crippen molar-refractivity contribution in [3.63, 3.8) is 0 Å². The SMILES string of the molecule is CNC1CCN(C(=O)CN(C)C)C1. The molecule has 0 spiro atoms. The van der Waals surface area contributed by atoms with Gasteiger partial charge in [-0.15, -0.1) is 0 Å². The molecule has 0 radical (unpaired) electrons. The molecule has 0 aromatic heterocycles. The highest BCUT2D eigenvalue weighted by molar-refractivity contribution is 5.78. The number of likely N-dealkylation sites (tertiary alicyclic amines) is 1. The van der Waals surface area contributed by atoms with Gasteiger partial charge in [0.1, 0.15) is 0 Å². The van der Waals surface area contributed by atoms with Crippen molar-refractivity contribution in [2.45, 2.75) is 12.5 Å². The maximum Gasteiger partial charge on any atom is 0.236 e. The van der Waals surface area contributed by atoms with E-state index in [1.54, 1.807) is 0 Å². The van der Waals surface area contributed by atoms with Crippen LogP contribution in [0.2, 0.25) is 0 Å². The minimum Gasteiger partial charge on any atom is -0.340 e. The smallest absolute Gasteiger partial charge is 0.236 e. The fourth-order valence-corrected chi connectivity index (χ4v) is 1.59. The van der Waals surface area contributed by atoms with Crippen molar-refractivity contribution in [1.29, 1.82) is 0 Å². The van der Waals surface area contributed by atoms with Crippen LogP contribution < -0.4 is 5.32 Å². The second-order valence-corrected chi connectivity index (χ2v) is 3.85. The number of likely N-dealkylation sites (N-methyl/N-ethyl adjacent to an activating group) is 2. The molecule has 0 aromatic rings. The van der Waals surface area contributed by atoms with Gasteiger partial charge in [-0.05, 0) is 27.6 Å². The second-order valence-electron chi connectivity index (χ2n) is 3.85. The molecule has 13 heavy (non-hydrogen) atoms. The zero-order valence-electron chi connectivity index (χ0n) is 8.71. The normalized spacial score (nSPS) is 22.8. The molecule has 0 aromatic carbocycles. The quantitative estimate of drug-likeness (QED) is 0.636. The highest BCUT2D eigenvalue weighted by Gasteiger charge is 2.24. The molecule has 1 atom stereocenters. The number of amides is 1. The Labute approximate surface area is 79.9 Å². The number of carbonyl (C=O) groups excluding carboxylic acids is 1. The Bertz CT molecular complexity index is 182. The fraction of sp³-hybridized carbons (Fsp3) is 0.889. The van der Waals surface area contributed by atoms with Crippen LogP contribution in [0.3, 0.4) is 0 Å². The van der Waals surface area contributed by atoms with Crippen molar-refractivity contribution < 1.29 is 4.79 Å². The third kappa shape index (κ3) is 2.97. The van der Waals surface area contributed by atoms with Crippen molar-refractivity contribution in [3.05, 3.63) is 0 Å². The number of rotatable bonds is 3. The Morgan fingerprint density at radius 2 is 2.31 bits per heavy atom. The van der Waals surface area contributed by atoms with E-state index in [-0.39, 0.29) is 5.91 Å². The lowest BCUT2D eigenvalue weighted by atomic mass is 10.3. The summed E-state index contributed by atoms with van der Waals surface area (Å²) in [5.74, 6) is 0.239. The molecule has 1 amide bonds. The third-order valence-corrected chi connectivity index (χ3v) is 2.40. The van der Waals surface area contributed by atoms with Crippen molar-refractivity contribution >= 4 is 5.91 Å². The molecule has 1 N–H and O–H groups in total. The Balaban J connectivity index is 2.33. The van der Waals surface area contributed by atoms with Gasteiger partial charge in [-0.3, -0.25) is 4.79 Å². The van der Waals surface area contributed by atoms with Crippen molar-refractivity contribution in [2.24, 2.45) is 0 Å². The van der Waals surface area contributed by atoms with Crippen LogP contribution in [-0.4, -0.2) is 62.5 Å². The first-order valence-electron chi connectivity index (χ1n) is 4.73. The zero-order chi connectivity index (χ0) is 9.84. The van der Waals surface area contributed by atoms with Crippen LogP contribution >= 0.6 is 0 Å². The van der Waals surface area contributed by atoms with Gasteiger partial charge in [0.2, 0.25) is 5.91 Å². The van der Waals surface area contributed by atoms with E-state index in [1.165, 1.54) is 0 Å². The van der Waals surface area contributed by atoms with Gasteiger partial charge in [0, 0.05) is 19.1 Å². The summed E-state index contributed by atoms with van der Waals surface area (Å²) < 4.78 is 0. The summed E-state index contributed by atoms with van der Waals surface area (Å²) in [6.07, 6.45) is 1.08. The van der Waals surface area contributed by atoms with Gasteiger partial charge >= 0.3 is 0 Å². The van der Waals surface area contributed by atoms with E-state index in [9.17, 15) is 4.79 Å². The number of nitrogens with zero attached hydrogens (tertiary/aromatic N) is 2. The first kappa shape index (κ1) is 10.5. The summed E-state index contributed by atoms with van der Waals surface area (Å²) >= 11 is 0. The zero-order valence-corrected chi connectivity index (χ0v) is 8.71. The summed E-state index contributed by atoms with van der Waals surface area (Å²) in [7, 11) is 5.79. The predicted molar refractivity (Wildman–Crippen MR) is 52.6 cm³/mol. The Kier molecular flexibility index (Phi) is 3.69. The molecule has 1 saturated heterocycles. The first-order valence-corrected chi connectivity index (χ1v) is 4.73. The number of hydrogen-bond acceptors (Lipinski definition) is 3. The van der Waals surface area contributed by atoms with E-state index in [1.807, 2.05) is 30.9 Å². The summed E-state index contributed by atoms with van der Waals surface area (Å²) in [5.41, 5.74) is 0. The Morgan fingerprint density at radius 3 is 2.77 bits per heavy atom. The lowest BCUT2D eigenvalue weighted by molar-refractivity contribution is -0.130. The van der Waals surface area contributed by atoms with Crippen molar-refractivity contribution in [1.82, 2.24) is 15.1 Å². The molecule has 0 saturated carbocycles. The molecular formula is C9H19N3O. The van der Waals surface area contributed by atoms with E-state index >= 15 is 0 Å². The van der Waals surface area contributed by atoms with Gasteiger partial charge in [0.25, 0.3) is 0 Å². The molecule has 76 valence electrons. The first-order chi connectivity index (χ1) is 6.13. The maximum atomic E-state index is 11.6. The van der Waals surface area contributed by atoms with Crippen molar-refractivity contribution in [2.75, 3.05) is 40.8 Å². The standard InChI is InChI=1S/C9H19N3O/c1-10-8-4-5-12(6-8)9(13)7-11(2)3/h8,10H,4-7H2,1-3H3. The van der Waals surface area contributed by atoms with Gasteiger partial charge in [0.15, 0.2) is 0 Å². The van der Waals surface area contributed by atoms with E-state index < -0.39 is 0 Å². The molecular weight excluding hydrogens is 166 g/mol. The van der Waals surface area contributed by atoms with Crippen LogP contribution in [0.1, 0.15) is 6.42 Å². The average Bonchev–Trinajstić information content (AvgIpc) is 2.50. The topological polar surface area (TPSA) is 35.6 Å². The van der Waals surface area contributed by atoms with Gasteiger partial charge in [-0.1, -0.05) is 0 Å². The molecule has 1 aliphatic rings. The molecule has 1 rings (SSSR count). The molecule has 4 heteroatoms. The summed E-state index contributed by atoms with van der Waals surface area (Å²) in [6.45, 7) is 2.29. The molecule has 1 unspecified atom stereocenters. The van der Waals surface area contributed by atoms with E-state index in [0.29, 0.717) is 12.6 Å². The number of nitrogens with one attached hydrogen (secondary N) is 1. The van der Waals surface area contributed by atoms with E-state index in [0.717, 1.165) is 19.5 Å².